The van der Waals surface area contributed by atoms with Gasteiger partial charge >= 0.3 is 11.9 Å². The molecule has 1 aromatic carbocycles. The fourth-order valence-electron chi connectivity index (χ4n) is 0.778. The second-order valence-electron chi connectivity index (χ2n) is 2.33. The van der Waals surface area contributed by atoms with Crippen molar-refractivity contribution in [2.45, 2.75) is 0 Å². The van der Waals surface area contributed by atoms with Crippen molar-refractivity contribution in [3.8, 4) is 0 Å². The molecule has 0 atom stereocenters. The molecule has 13 heavy (non-hydrogen) atoms. The highest BCUT2D eigenvalue weighted by Crippen LogP contribution is 2.00. The molecule has 1 aromatic rings. The van der Waals surface area contributed by atoms with Crippen LogP contribution in [0.15, 0.2) is 30.3 Å². The Morgan fingerprint density at radius 1 is 1.23 bits per heavy atom. The van der Waals surface area contributed by atoms with E-state index in [-0.39, 0.29) is 6.54 Å². The number of ether oxygens (including phenoxy) is 1. The quantitative estimate of drug-likeness (QED) is 0.524. The molecule has 0 unspecified atom stereocenters. The number of hydrogen-bond donors (Lipinski definition) is 1. The maximum Gasteiger partial charge on any atom is 0.345 e. The summed E-state index contributed by atoms with van der Waals surface area (Å²) in [6.07, 6.45) is 0. The van der Waals surface area contributed by atoms with Crippen LogP contribution in [-0.4, -0.2) is 18.5 Å². The third-order valence-electron chi connectivity index (χ3n) is 1.38. The monoisotopic (exact) mass is 179 g/mol. The summed E-state index contributed by atoms with van der Waals surface area (Å²) < 4.78 is 4.38. The maximum atomic E-state index is 11.1. The summed E-state index contributed by atoms with van der Waals surface area (Å²) in [4.78, 5) is 21.7. The third kappa shape index (κ3) is 2.68. The largest absolute Gasteiger partial charge is 0.388 e. The van der Waals surface area contributed by atoms with Crippen LogP contribution in [0.2, 0.25) is 0 Å². The zero-order valence-electron chi connectivity index (χ0n) is 6.90. The average Bonchev–Trinajstić information content (AvgIpc) is 2.19. The van der Waals surface area contributed by atoms with Crippen LogP contribution in [0.3, 0.4) is 0 Å². The first-order valence-electron chi connectivity index (χ1n) is 3.74. The van der Waals surface area contributed by atoms with Gasteiger partial charge in [-0.05, 0) is 12.1 Å². The topological polar surface area (TPSA) is 69.4 Å². The molecule has 0 aliphatic rings. The maximum absolute atomic E-state index is 11.1. The number of esters is 2. The van der Waals surface area contributed by atoms with E-state index in [1.54, 1.807) is 30.3 Å². The molecule has 0 aliphatic heterocycles. The summed E-state index contributed by atoms with van der Waals surface area (Å²) in [5.74, 6) is -1.40. The summed E-state index contributed by atoms with van der Waals surface area (Å²) in [5, 5.41) is 0. The number of hydrogen-bond acceptors (Lipinski definition) is 4. The van der Waals surface area contributed by atoms with Gasteiger partial charge in [-0.25, -0.2) is 4.79 Å². The Morgan fingerprint density at radius 2 is 1.85 bits per heavy atom. The van der Waals surface area contributed by atoms with E-state index in [4.69, 9.17) is 5.73 Å². The van der Waals surface area contributed by atoms with E-state index in [0.717, 1.165) is 0 Å². The second kappa shape index (κ2) is 4.37. The van der Waals surface area contributed by atoms with Crippen LogP contribution in [0, 0.1) is 0 Å². The normalized spacial score (nSPS) is 9.31. The molecule has 1 rings (SSSR count). The van der Waals surface area contributed by atoms with Gasteiger partial charge in [0, 0.05) is 0 Å². The molecule has 0 aromatic heterocycles. The van der Waals surface area contributed by atoms with E-state index in [9.17, 15) is 9.59 Å². The summed E-state index contributed by atoms with van der Waals surface area (Å²) in [5.41, 5.74) is 5.31. The molecular formula is C9H9NO3. The Kier molecular flexibility index (Phi) is 3.16. The van der Waals surface area contributed by atoms with Gasteiger partial charge in [0.1, 0.15) is 0 Å². The molecule has 0 saturated heterocycles. The van der Waals surface area contributed by atoms with Crippen LogP contribution in [0.5, 0.6) is 0 Å². The third-order valence-corrected chi connectivity index (χ3v) is 1.38. The Labute approximate surface area is 75.3 Å². The number of carbonyl (C=O) groups excluding carboxylic acids is 2. The number of rotatable bonds is 2. The van der Waals surface area contributed by atoms with Crippen LogP contribution in [-0.2, 0) is 9.53 Å². The summed E-state index contributed by atoms with van der Waals surface area (Å²) in [6.45, 7) is -0.293. The van der Waals surface area contributed by atoms with Gasteiger partial charge in [0.25, 0.3) is 0 Å². The predicted molar refractivity (Wildman–Crippen MR) is 45.9 cm³/mol. The van der Waals surface area contributed by atoms with Gasteiger partial charge < -0.3 is 10.5 Å². The standard InChI is InChI=1S/C9H9NO3/c10-6-8(11)13-9(12)7-4-2-1-3-5-7/h1-5H,6,10H2. The molecule has 0 fully saturated rings. The first kappa shape index (κ1) is 9.41. The first-order valence-corrected chi connectivity index (χ1v) is 3.74. The molecule has 2 N–H and O–H groups in total. The minimum atomic E-state index is -0.728. The van der Waals surface area contributed by atoms with Gasteiger partial charge in [-0.3, -0.25) is 4.79 Å². The van der Waals surface area contributed by atoms with Crippen LogP contribution in [0.25, 0.3) is 0 Å². The van der Waals surface area contributed by atoms with Crippen molar-refractivity contribution in [2.24, 2.45) is 5.73 Å². The second-order valence-corrected chi connectivity index (χ2v) is 2.33. The smallest absolute Gasteiger partial charge is 0.345 e. The lowest BCUT2D eigenvalue weighted by Gasteiger charge is -1.99. The van der Waals surface area contributed by atoms with Crippen LogP contribution in [0.4, 0.5) is 0 Å². The van der Waals surface area contributed by atoms with Crippen LogP contribution in [0.1, 0.15) is 10.4 Å². The summed E-state index contributed by atoms with van der Waals surface area (Å²) >= 11 is 0. The Hall–Kier alpha value is -1.68. The Morgan fingerprint density at radius 3 is 2.38 bits per heavy atom. The zero-order chi connectivity index (χ0) is 9.68. The number of carbonyl (C=O) groups is 2. The van der Waals surface area contributed by atoms with Crippen molar-refractivity contribution < 1.29 is 14.3 Å². The molecule has 0 bridgehead atoms. The molecule has 0 spiro atoms. The molecule has 0 heterocycles. The highest BCUT2D eigenvalue weighted by Gasteiger charge is 2.09. The first-order chi connectivity index (χ1) is 6.24. The fourth-order valence-corrected chi connectivity index (χ4v) is 0.778. The lowest BCUT2D eigenvalue weighted by Crippen LogP contribution is -2.20. The SMILES string of the molecule is NCC(=O)OC(=O)c1ccccc1. The highest BCUT2D eigenvalue weighted by molar-refractivity contribution is 5.97. The molecule has 0 aliphatic carbocycles. The van der Waals surface area contributed by atoms with E-state index in [2.05, 4.69) is 4.74 Å². The van der Waals surface area contributed by atoms with Crippen molar-refractivity contribution >= 4 is 11.9 Å². The van der Waals surface area contributed by atoms with E-state index in [1.165, 1.54) is 0 Å². The Balaban J connectivity index is 2.65. The lowest BCUT2D eigenvalue weighted by molar-refractivity contribution is -0.136. The number of nitrogens with two attached hydrogens (primary N) is 1. The molecular weight excluding hydrogens is 170 g/mol. The van der Waals surface area contributed by atoms with Crippen LogP contribution >= 0.6 is 0 Å². The molecule has 0 amide bonds. The number of benzene rings is 1. The van der Waals surface area contributed by atoms with Crippen molar-refractivity contribution in [1.82, 2.24) is 0 Å². The minimum Gasteiger partial charge on any atom is -0.388 e. The van der Waals surface area contributed by atoms with Crippen molar-refractivity contribution in [1.29, 1.82) is 0 Å². The lowest BCUT2D eigenvalue weighted by atomic mass is 10.2. The van der Waals surface area contributed by atoms with E-state index >= 15 is 0 Å². The predicted octanol–water partition coefficient (Wildman–Crippen LogP) is 0.329. The van der Waals surface area contributed by atoms with E-state index in [0.29, 0.717) is 5.56 Å². The van der Waals surface area contributed by atoms with E-state index < -0.39 is 11.9 Å². The molecule has 4 nitrogen and oxygen atoms in total. The fraction of sp³-hybridized carbons (Fsp3) is 0.111. The van der Waals surface area contributed by atoms with Crippen molar-refractivity contribution in [2.75, 3.05) is 6.54 Å². The Bertz CT molecular complexity index is 308. The molecule has 4 heteroatoms. The van der Waals surface area contributed by atoms with Crippen LogP contribution < -0.4 is 5.73 Å². The molecule has 0 radical (unpaired) electrons. The van der Waals surface area contributed by atoms with E-state index in [1.807, 2.05) is 0 Å². The summed E-state index contributed by atoms with van der Waals surface area (Å²) in [6, 6.07) is 8.26. The van der Waals surface area contributed by atoms with Gasteiger partial charge in [-0.1, -0.05) is 18.2 Å². The van der Waals surface area contributed by atoms with Crippen molar-refractivity contribution in [3.63, 3.8) is 0 Å². The van der Waals surface area contributed by atoms with Gasteiger partial charge in [-0.2, -0.15) is 0 Å². The van der Waals surface area contributed by atoms with Crippen molar-refractivity contribution in [3.05, 3.63) is 35.9 Å². The highest BCUT2D eigenvalue weighted by atomic mass is 16.6. The molecule has 68 valence electrons. The van der Waals surface area contributed by atoms with Gasteiger partial charge in [-0.15, -0.1) is 0 Å². The molecule has 0 saturated carbocycles. The van der Waals surface area contributed by atoms with Gasteiger partial charge in [0.05, 0.1) is 12.1 Å². The zero-order valence-corrected chi connectivity index (χ0v) is 6.90. The van der Waals surface area contributed by atoms with Gasteiger partial charge in [0.2, 0.25) is 0 Å². The summed E-state index contributed by atoms with van der Waals surface area (Å²) in [7, 11) is 0. The van der Waals surface area contributed by atoms with Gasteiger partial charge in [0.15, 0.2) is 0 Å². The average molecular weight is 179 g/mol. The minimum absolute atomic E-state index is 0.293.